The van der Waals surface area contributed by atoms with Crippen molar-refractivity contribution in [2.24, 2.45) is 11.1 Å². The number of hydrogen-bond acceptors (Lipinski definition) is 2. The predicted molar refractivity (Wildman–Crippen MR) is 60.0 cm³/mol. The van der Waals surface area contributed by atoms with Crippen LogP contribution in [0.1, 0.15) is 46.5 Å². The van der Waals surface area contributed by atoms with Gasteiger partial charge in [0.05, 0.1) is 5.41 Å². The van der Waals surface area contributed by atoms with Crippen LogP contribution in [-0.4, -0.2) is 19.0 Å². The average molecular weight is 200 g/mol. The van der Waals surface area contributed by atoms with Crippen molar-refractivity contribution in [1.82, 2.24) is 5.32 Å². The zero-order valence-electron chi connectivity index (χ0n) is 9.73. The summed E-state index contributed by atoms with van der Waals surface area (Å²) in [6.07, 6.45) is 4.21. The lowest BCUT2D eigenvalue weighted by atomic mass is 9.86. The molecule has 1 amide bonds. The highest BCUT2D eigenvalue weighted by Gasteiger charge is 2.28. The number of carbonyl (C=O) groups excluding carboxylic acids is 1. The summed E-state index contributed by atoms with van der Waals surface area (Å²) in [6, 6.07) is 0. The van der Waals surface area contributed by atoms with E-state index in [-0.39, 0.29) is 11.3 Å². The van der Waals surface area contributed by atoms with E-state index in [1.165, 1.54) is 12.8 Å². The molecule has 0 spiro atoms. The Hall–Kier alpha value is -0.570. The van der Waals surface area contributed by atoms with Gasteiger partial charge in [-0.1, -0.05) is 26.7 Å². The molecule has 84 valence electrons. The molecule has 14 heavy (non-hydrogen) atoms. The monoisotopic (exact) mass is 200 g/mol. The number of rotatable bonds is 7. The van der Waals surface area contributed by atoms with Crippen LogP contribution in [0.4, 0.5) is 0 Å². The zero-order chi connectivity index (χ0) is 11.0. The lowest BCUT2D eigenvalue weighted by Gasteiger charge is -2.24. The molecule has 0 saturated carbocycles. The van der Waals surface area contributed by atoms with E-state index in [0.717, 1.165) is 19.4 Å². The van der Waals surface area contributed by atoms with E-state index in [0.29, 0.717) is 6.54 Å². The minimum Gasteiger partial charge on any atom is -0.356 e. The maximum Gasteiger partial charge on any atom is 0.227 e. The molecule has 1 atom stereocenters. The molecule has 3 N–H and O–H groups in total. The Morgan fingerprint density at radius 1 is 1.36 bits per heavy atom. The van der Waals surface area contributed by atoms with E-state index in [2.05, 4.69) is 12.2 Å². The molecule has 0 fully saturated rings. The van der Waals surface area contributed by atoms with E-state index in [1.807, 2.05) is 13.8 Å². The topological polar surface area (TPSA) is 55.1 Å². The minimum absolute atomic E-state index is 0.0959. The summed E-state index contributed by atoms with van der Waals surface area (Å²) in [5, 5.41) is 2.94. The van der Waals surface area contributed by atoms with Crippen molar-refractivity contribution < 1.29 is 4.79 Å². The van der Waals surface area contributed by atoms with Crippen LogP contribution in [0.3, 0.4) is 0 Å². The Morgan fingerprint density at radius 3 is 2.43 bits per heavy atom. The number of amides is 1. The van der Waals surface area contributed by atoms with Crippen LogP contribution in [0.25, 0.3) is 0 Å². The summed E-state index contributed by atoms with van der Waals surface area (Å²) in [5.74, 6) is 0.0959. The van der Waals surface area contributed by atoms with E-state index in [4.69, 9.17) is 5.73 Å². The molecule has 0 rings (SSSR count). The van der Waals surface area contributed by atoms with Gasteiger partial charge in [0.15, 0.2) is 0 Å². The number of carbonyl (C=O) groups is 1. The van der Waals surface area contributed by atoms with Gasteiger partial charge in [-0.05, 0) is 19.8 Å². The molecule has 0 radical (unpaired) electrons. The molecule has 1 unspecified atom stereocenters. The fourth-order valence-corrected chi connectivity index (χ4v) is 1.19. The Balaban J connectivity index is 3.82. The first-order valence-electron chi connectivity index (χ1n) is 5.59. The normalized spacial score (nSPS) is 14.9. The summed E-state index contributed by atoms with van der Waals surface area (Å²) in [7, 11) is 0. The third-order valence-corrected chi connectivity index (χ3v) is 2.84. The highest BCUT2D eigenvalue weighted by molar-refractivity contribution is 5.82. The zero-order valence-corrected chi connectivity index (χ0v) is 9.73. The van der Waals surface area contributed by atoms with E-state index >= 15 is 0 Å². The van der Waals surface area contributed by atoms with E-state index < -0.39 is 0 Å². The molecule has 0 aliphatic carbocycles. The number of hydrogen-bond donors (Lipinski definition) is 2. The second-order valence-electron chi connectivity index (χ2n) is 4.08. The summed E-state index contributed by atoms with van der Waals surface area (Å²) in [6.45, 7) is 7.27. The SMILES string of the molecule is CCCCCNC(=O)C(C)(CC)CN. The molecule has 0 aromatic carbocycles. The average Bonchev–Trinajstić information content (AvgIpc) is 2.22. The Bertz CT molecular complexity index is 165. The van der Waals surface area contributed by atoms with Gasteiger partial charge in [0.2, 0.25) is 5.91 Å². The van der Waals surface area contributed by atoms with Crippen molar-refractivity contribution in [1.29, 1.82) is 0 Å². The largest absolute Gasteiger partial charge is 0.356 e. The molecule has 0 aromatic rings. The van der Waals surface area contributed by atoms with Crippen LogP contribution in [0.5, 0.6) is 0 Å². The number of nitrogens with two attached hydrogens (primary N) is 1. The summed E-state index contributed by atoms with van der Waals surface area (Å²) < 4.78 is 0. The van der Waals surface area contributed by atoms with Crippen LogP contribution >= 0.6 is 0 Å². The molecule has 3 heteroatoms. The van der Waals surface area contributed by atoms with Crippen LogP contribution in [0.15, 0.2) is 0 Å². The first kappa shape index (κ1) is 13.4. The predicted octanol–water partition coefficient (Wildman–Crippen LogP) is 1.67. The lowest BCUT2D eigenvalue weighted by molar-refractivity contribution is -0.129. The van der Waals surface area contributed by atoms with Gasteiger partial charge in [-0.15, -0.1) is 0 Å². The third kappa shape index (κ3) is 4.09. The maximum absolute atomic E-state index is 11.7. The molecular formula is C11H24N2O. The molecule has 0 saturated heterocycles. The molecule has 3 nitrogen and oxygen atoms in total. The molecule has 0 aliphatic heterocycles. The fourth-order valence-electron chi connectivity index (χ4n) is 1.19. The van der Waals surface area contributed by atoms with Crippen molar-refractivity contribution in [3.8, 4) is 0 Å². The molecule has 0 aliphatic rings. The maximum atomic E-state index is 11.7. The number of unbranched alkanes of at least 4 members (excludes halogenated alkanes) is 2. The Morgan fingerprint density at radius 2 is 2.00 bits per heavy atom. The van der Waals surface area contributed by atoms with Crippen LogP contribution < -0.4 is 11.1 Å². The quantitative estimate of drug-likeness (QED) is 0.614. The van der Waals surface area contributed by atoms with Crippen LogP contribution in [-0.2, 0) is 4.79 Å². The van der Waals surface area contributed by atoms with Gasteiger partial charge < -0.3 is 11.1 Å². The van der Waals surface area contributed by atoms with Crippen molar-refractivity contribution in [3.05, 3.63) is 0 Å². The smallest absolute Gasteiger partial charge is 0.227 e. The first-order valence-corrected chi connectivity index (χ1v) is 5.59. The van der Waals surface area contributed by atoms with Gasteiger partial charge >= 0.3 is 0 Å². The van der Waals surface area contributed by atoms with Gasteiger partial charge in [0, 0.05) is 13.1 Å². The summed E-state index contributed by atoms with van der Waals surface area (Å²) >= 11 is 0. The second-order valence-corrected chi connectivity index (χ2v) is 4.08. The molecule has 0 bridgehead atoms. The Kier molecular flexibility index (Phi) is 6.54. The summed E-state index contributed by atoms with van der Waals surface area (Å²) in [5.41, 5.74) is 5.21. The standard InChI is InChI=1S/C11H24N2O/c1-4-6-7-8-13-10(14)11(3,5-2)9-12/h4-9,12H2,1-3H3,(H,13,14). The van der Waals surface area contributed by atoms with Crippen LogP contribution in [0.2, 0.25) is 0 Å². The molecular weight excluding hydrogens is 176 g/mol. The van der Waals surface area contributed by atoms with E-state index in [9.17, 15) is 4.79 Å². The summed E-state index contributed by atoms with van der Waals surface area (Å²) in [4.78, 5) is 11.7. The highest BCUT2D eigenvalue weighted by Crippen LogP contribution is 2.18. The Labute approximate surface area is 87.4 Å². The van der Waals surface area contributed by atoms with Gasteiger partial charge in [0.1, 0.15) is 0 Å². The van der Waals surface area contributed by atoms with Gasteiger partial charge in [0.25, 0.3) is 0 Å². The highest BCUT2D eigenvalue weighted by atomic mass is 16.2. The van der Waals surface area contributed by atoms with Gasteiger partial charge in [-0.2, -0.15) is 0 Å². The minimum atomic E-state index is -0.383. The first-order chi connectivity index (χ1) is 6.60. The van der Waals surface area contributed by atoms with Crippen LogP contribution in [0, 0.1) is 5.41 Å². The van der Waals surface area contributed by atoms with Crippen molar-refractivity contribution >= 4 is 5.91 Å². The van der Waals surface area contributed by atoms with E-state index in [1.54, 1.807) is 0 Å². The van der Waals surface area contributed by atoms with Gasteiger partial charge in [-0.3, -0.25) is 4.79 Å². The number of nitrogens with one attached hydrogen (secondary N) is 1. The lowest BCUT2D eigenvalue weighted by Crippen LogP contribution is -2.43. The third-order valence-electron chi connectivity index (χ3n) is 2.84. The van der Waals surface area contributed by atoms with Gasteiger partial charge in [-0.25, -0.2) is 0 Å². The second kappa shape index (κ2) is 6.82. The molecule has 0 aromatic heterocycles. The van der Waals surface area contributed by atoms with Crippen molar-refractivity contribution in [3.63, 3.8) is 0 Å². The molecule has 0 heterocycles. The fraction of sp³-hybridized carbons (Fsp3) is 0.909. The van der Waals surface area contributed by atoms with Crippen molar-refractivity contribution in [2.75, 3.05) is 13.1 Å². The van der Waals surface area contributed by atoms with Crippen molar-refractivity contribution in [2.45, 2.75) is 46.5 Å².